The Kier molecular flexibility index (Phi) is 6.11. The average molecular weight is 383 g/mol. The fourth-order valence-electron chi connectivity index (χ4n) is 2.99. The molecule has 140 valence electrons. The van der Waals surface area contributed by atoms with E-state index in [1.807, 2.05) is 0 Å². The Morgan fingerprint density at radius 1 is 1.50 bits per heavy atom. The Bertz CT molecular complexity index is 765. The number of methoxy groups -OCH3 is 1. The zero-order valence-electron chi connectivity index (χ0n) is 14.4. The molecule has 26 heavy (non-hydrogen) atoms. The highest BCUT2D eigenvalue weighted by Gasteiger charge is 2.26. The van der Waals surface area contributed by atoms with Crippen molar-refractivity contribution in [3.8, 4) is 5.75 Å². The van der Waals surface area contributed by atoms with Crippen LogP contribution in [-0.4, -0.2) is 42.6 Å². The van der Waals surface area contributed by atoms with Gasteiger partial charge in [-0.1, -0.05) is 11.6 Å². The third-order valence-corrected chi connectivity index (χ3v) is 4.52. The van der Waals surface area contributed by atoms with Gasteiger partial charge >= 0.3 is 0 Å². The van der Waals surface area contributed by atoms with Gasteiger partial charge in [-0.2, -0.15) is 0 Å². The van der Waals surface area contributed by atoms with Gasteiger partial charge in [0.2, 0.25) is 5.89 Å². The third kappa shape index (κ3) is 4.53. The molecule has 0 aliphatic carbocycles. The normalized spacial score (nSPS) is 17.3. The number of halogens is 2. The molecule has 2 aromatic rings. The maximum Gasteiger partial charge on any atom is 0.275 e. The predicted octanol–water partition coefficient (Wildman–Crippen LogP) is 3.54. The number of amides is 1. The smallest absolute Gasteiger partial charge is 0.275 e. The van der Waals surface area contributed by atoms with Gasteiger partial charge in [0.15, 0.2) is 12.3 Å². The summed E-state index contributed by atoms with van der Waals surface area (Å²) in [5.41, 5.74) is 0.242. The molecule has 1 aliphatic heterocycles. The quantitative estimate of drug-likeness (QED) is 0.764. The van der Waals surface area contributed by atoms with Gasteiger partial charge in [0.1, 0.15) is 17.8 Å². The van der Waals surface area contributed by atoms with Crippen molar-refractivity contribution in [3.05, 3.63) is 46.9 Å². The maximum absolute atomic E-state index is 13.0. The standard InChI is InChI=1S/C18H20ClFN2O4/c1-24-9-12-3-2-6-22(8-12)18(23)15-10-26-17(21-15)11-25-16-5-4-13(20)7-14(16)19/h4-5,7,10,12H,2-3,6,8-9,11H2,1H3/t12-/m1/s1. The van der Waals surface area contributed by atoms with Crippen LogP contribution >= 0.6 is 11.6 Å². The summed E-state index contributed by atoms with van der Waals surface area (Å²) < 4.78 is 29.0. The van der Waals surface area contributed by atoms with Crippen molar-refractivity contribution in [2.75, 3.05) is 26.8 Å². The monoisotopic (exact) mass is 382 g/mol. The van der Waals surface area contributed by atoms with Gasteiger partial charge in [-0.25, -0.2) is 9.37 Å². The van der Waals surface area contributed by atoms with Crippen LogP contribution in [0.5, 0.6) is 5.75 Å². The van der Waals surface area contributed by atoms with Crippen LogP contribution in [0.4, 0.5) is 4.39 Å². The molecule has 3 rings (SSSR count). The molecule has 1 saturated heterocycles. The SMILES string of the molecule is COC[C@@H]1CCCN(C(=O)c2coc(COc3ccc(F)cc3Cl)n2)C1. The largest absolute Gasteiger partial charge is 0.482 e. The maximum atomic E-state index is 13.0. The number of oxazole rings is 1. The topological polar surface area (TPSA) is 64.8 Å². The molecular formula is C18H20ClFN2O4. The summed E-state index contributed by atoms with van der Waals surface area (Å²) in [7, 11) is 1.66. The Labute approximate surface area is 155 Å². The first-order chi connectivity index (χ1) is 12.6. The molecule has 2 heterocycles. The summed E-state index contributed by atoms with van der Waals surface area (Å²) in [6, 6.07) is 3.84. The minimum atomic E-state index is -0.445. The Morgan fingerprint density at radius 3 is 3.12 bits per heavy atom. The molecule has 0 spiro atoms. The first-order valence-corrected chi connectivity index (χ1v) is 8.75. The van der Waals surface area contributed by atoms with Gasteiger partial charge in [0.05, 0.1) is 11.6 Å². The van der Waals surface area contributed by atoms with Gasteiger partial charge in [-0.3, -0.25) is 4.79 Å². The lowest BCUT2D eigenvalue weighted by Gasteiger charge is -2.31. The molecule has 0 bridgehead atoms. The van der Waals surface area contributed by atoms with Gasteiger partial charge in [0, 0.05) is 20.2 Å². The molecule has 1 amide bonds. The number of benzene rings is 1. The minimum absolute atomic E-state index is 0.00900. The number of carbonyl (C=O) groups is 1. The lowest BCUT2D eigenvalue weighted by molar-refractivity contribution is 0.0565. The highest BCUT2D eigenvalue weighted by atomic mass is 35.5. The second-order valence-corrected chi connectivity index (χ2v) is 6.61. The fourth-order valence-corrected chi connectivity index (χ4v) is 3.21. The summed E-state index contributed by atoms with van der Waals surface area (Å²) >= 11 is 5.91. The highest BCUT2D eigenvalue weighted by molar-refractivity contribution is 6.32. The number of hydrogen-bond donors (Lipinski definition) is 0. The van der Waals surface area contributed by atoms with E-state index in [2.05, 4.69) is 4.98 Å². The molecule has 0 saturated carbocycles. The summed E-state index contributed by atoms with van der Waals surface area (Å²) in [5.74, 6) is 0.296. The van der Waals surface area contributed by atoms with Crippen molar-refractivity contribution in [2.45, 2.75) is 19.4 Å². The van der Waals surface area contributed by atoms with E-state index in [-0.39, 0.29) is 29.1 Å². The molecule has 1 aromatic heterocycles. The summed E-state index contributed by atoms with van der Waals surface area (Å²) in [5, 5.41) is 0.158. The molecule has 0 unspecified atom stereocenters. The predicted molar refractivity (Wildman–Crippen MR) is 92.7 cm³/mol. The van der Waals surface area contributed by atoms with Crippen LogP contribution in [0.2, 0.25) is 5.02 Å². The Balaban J connectivity index is 1.59. The molecular weight excluding hydrogens is 363 g/mol. The van der Waals surface area contributed by atoms with Crippen LogP contribution < -0.4 is 4.74 Å². The van der Waals surface area contributed by atoms with E-state index in [9.17, 15) is 9.18 Å². The van der Waals surface area contributed by atoms with Crippen LogP contribution in [0, 0.1) is 11.7 Å². The fraction of sp³-hybridized carbons (Fsp3) is 0.444. The van der Waals surface area contributed by atoms with E-state index in [4.69, 9.17) is 25.5 Å². The minimum Gasteiger partial charge on any atom is -0.482 e. The van der Waals surface area contributed by atoms with Gasteiger partial charge in [0.25, 0.3) is 5.91 Å². The molecule has 8 heteroatoms. The van der Waals surface area contributed by atoms with E-state index >= 15 is 0 Å². The first-order valence-electron chi connectivity index (χ1n) is 8.37. The molecule has 1 atom stereocenters. The van der Waals surface area contributed by atoms with Crippen LogP contribution in [0.25, 0.3) is 0 Å². The highest BCUT2D eigenvalue weighted by Crippen LogP contribution is 2.26. The summed E-state index contributed by atoms with van der Waals surface area (Å²) in [6.07, 6.45) is 3.32. The van der Waals surface area contributed by atoms with E-state index in [1.165, 1.54) is 18.4 Å². The van der Waals surface area contributed by atoms with Crippen molar-refractivity contribution in [1.82, 2.24) is 9.88 Å². The van der Waals surface area contributed by atoms with Crippen LogP contribution in [0.15, 0.2) is 28.9 Å². The van der Waals surface area contributed by atoms with Gasteiger partial charge in [-0.05, 0) is 37.0 Å². The van der Waals surface area contributed by atoms with Gasteiger partial charge in [-0.15, -0.1) is 0 Å². The number of rotatable bonds is 6. The van der Waals surface area contributed by atoms with E-state index in [0.717, 1.165) is 18.9 Å². The summed E-state index contributed by atoms with van der Waals surface area (Å²) in [4.78, 5) is 18.5. The lowest BCUT2D eigenvalue weighted by atomic mass is 9.99. The van der Waals surface area contributed by atoms with Crippen LogP contribution in [-0.2, 0) is 11.3 Å². The molecule has 6 nitrogen and oxygen atoms in total. The van der Waals surface area contributed by atoms with Crippen LogP contribution in [0.3, 0.4) is 0 Å². The zero-order valence-corrected chi connectivity index (χ0v) is 15.2. The Morgan fingerprint density at radius 2 is 2.35 bits per heavy atom. The lowest BCUT2D eigenvalue weighted by Crippen LogP contribution is -2.41. The second-order valence-electron chi connectivity index (χ2n) is 6.20. The average Bonchev–Trinajstić information content (AvgIpc) is 3.10. The van der Waals surface area contributed by atoms with Crippen molar-refractivity contribution in [3.63, 3.8) is 0 Å². The number of aromatic nitrogens is 1. The number of carbonyl (C=O) groups excluding carboxylic acids is 1. The van der Waals surface area contributed by atoms with E-state index in [1.54, 1.807) is 12.0 Å². The van der Waals surface area contributed by atoms with E-state index in [0.29, 0.717) is 31.4 Å². The summed E-state index contributed by atoms with van der Waals surface area (Å²) in [6.45, 7) is 1.98. The number of piperidine rings is 1. The van der Waals surface area contributed by atoms with E-state index < -0.39 is 5.82 Å². The third-order valence-electron chi connectivity index (χ3n) is 4.22. The number of likely N-dealkylation sites (tertiary alicyclic amines) is 1. The first kappa shape index (κ1) is 18.7. The number of nitrogens with zero attached hydrogens (tertiary/aromatic N) is 2. The van der Waals surface area contributed by atoms with Crippen LogP contribution in [0.1, 0.15) is 29.2 Å². The Hall–Kier alpha value is -2.12. The van der Waals surface area contributed by atoms with Crippen molar-refractivity contribution >= 4 is 17.5 Å². The van der Waals surface area contributed by atoms with Crippen molar-refractivity contribution < 1.29 is 23.1 Å². The molecule has 1 aromatic carbocycles. The molecule has 1 aliphatic rings. The molecule has 0 N–H and O–H groups in total. The molecule has 0 radical (unpaired) electrons. The molecule has 1 fully saturated rings. The van der Waals surface area contributed by atoms with Crippen molar-refractivity contribution in [1.29, 1.82) is 0 Å². The van der Waals surface area contributed by atoms with Gasteiger partial charge < -0.3 is 18.8 Å². The number of ether oxygens (including phenoxy) is 2. The number of hydrogen-bond acceptors (Lipinski definition) is 5. The van der Waals surface area contributed by atoms with Crippen molar-refractivity contribution in [2.24, 2.45) is 5.92 Å². The second kappa shape index (κ2) is 8.51. The zero-order chi connectivity index (χ0) is 18.5.